The quantitative estimate of drug-likeness (QED) is 0.501. The van der Waals surface area contributed by atoms with E-state index < -0.39 is 11.6 Å². The Morgan fingerprint density at radius 1 is 1.42 bits per heavy atom. The first-order valence-electron chi connectivity index (χ1n) is 6.02. The van der Waals surface area contributed by atoms with Gasteiger partial charge in [0.25, 0.3) is 0 Å². The maximum atomic E-state index is 11.5. The van der Waals surface area contributed by atoms with Gasteiger partial charge in [0.1, 0.15) is 12.2 Å². The maximum absolute atomic E-state index is 11.5. The Balaban J connectivity index is 2.09. The number of nitrogens with one attached hydrogen (secondary N) is 2. The molecule has 0 radical (unpaired) electrons. The van der Waals surface area contributed by atoms with Crippen molar-refractivity contribution in [1.29, 1.82) is 0 Å². The van der Waals surface area contributed by atoms with Crippen molar-refractivity contribution in [2.75, 3.05) is 46.6 Å². The zero-order valence-electron chi connectivity index (χ0n) is 10.9. The molecule has 1 aliphatic rings. The molecule has 0 bridgehead atoms. The average Bonchev–Trinajstić information content (AvgIpc) is 2.85. The predicted molar refractivity (Wildman–Crippen MR) is 65.0 cm³/mol. The largest absolute Gasteiger partial charge is 0.480 e. The van der Waals surface area contributed by atoms with E-state index in [4.69, 9.17) is 19.3 Å². The lowest BCUT2D eigenvalue weighted by Crippen LogP contribution is -2.48. The van der Waals surface area contributed by atoms with Crippen LogP contribution in [0.1, 0.15) is 6.42 Å². The van der Waals surface area contributed by atoms with Crippen molar-refractivity contribution < 1.29 is 28.9 Å². The minimum absolute atomic E-state index is 0.151. The highest BCUT2D eigenvalue weighted by Gasteiger charge is 2.35. The highest BCUT2D eigenvalue weighted by Crippen LogP contribution is 2.21. The summed E-state index contributed by atoms with van der Waals surface area (Å²) in [7, 11) is 1.59. The van der Waals surface area contributed by atoms with E-state index in [0.717, 1.165) is 6.42 Å². The molecule has 0 saturated carbocycles. The van der Waals surface area contributed by atoms with Crippen molar-refractivity contribution in [3.8, 4) is 0 Å². The van der Waals surface area contributed by atoms with Crippen LogP contribution in [0.25, 0.3) is 0 Å². The molecule has 1 aliphatic heterocycles. The Hall–Kier alpha value is -1.38. The number of amides is 2. The molecule has 2 amide bonds. The average molecular weight is 276 g/mol. The molecule has 1 unspecified atom stereocenters. The summed E-state index contributed by atoms with van der Waals surface area (Å²) in [5.74, 6) is -1.03. The van der Waals surface area contributed by atoms with Crippen LogP contribution in [0.4, 0.5) is 4.79 Å². The van der Waals surface area contributed by atoms with E-state index in [1.807, 2.05) is 0 Å². The Bertz CT molecular complexity index is 304. The smallest absolute Gasteiger partial charge is 0.329 e. The molecule has 0 aromatic heterocycles. The zero-order valence-corrected chi connectivity index (χ0v) is 10.9. The van der Waals surface area contributed by atoms with Gasteiger partial charge in [0.2, 0.25) is 0 Å². The summed E-state index contributed by atoms with van der Waals surface area (Å²) >= 11 is 0. The number of ether oxygens (including phenoxy) is 3. The fourth-order valence-corrected chi connectivity index (χ4v) is 1.66. The third-order valence-electron chi connectivity index (χ3n) is 2.83. The Morgan fingerprint density at radius 3 is 2.79 bits per heavy atom. The molecule has 8 nitrogen and oxygen atoms in total. The second-order valence-corrected chi connectivity index (χ2v) is 4.25. The summed E-state index contributed by atoms with van der Waals surface area (Å²) in [5, 5.41) is 13.6. The van der Waals surface area contributed by atoms with Crippen LogP contribution < -0.4 is 10.6 Å². The lowest BCUT2D eigenvalue weighted by molar-refractivity contribution is -0.142. The molecular weight excluding hydrogens is 256 g/mol. The topological polar surface area (TPSA) is 106 Å². The Kier molecular flexibility index (Phi) is 6.54. The van der Waals surface area contributed by atoms with Gasteiger partial charge in [-0.25, -0.2) is 9.59 Å². The van der Waals surface area contributed by atoms with Gasteiger partial charge in [0.05, 0.1) is 19.8 Å². The van der Waals surface area contributed by atoms with Crippen molar-refractivity contribution >= 4 is 12.0 Å². The number of carboxylic acids is 1. The van der Waals surface area contributed by atoms with Crippen LogP contribution >= 0.6 is 0 Å². The molecule has 0 aliphatic carbocycles. The van der Waals surface area contributed by atoms with Gasteiger partial charge in [-0.3, -0.25) is 0 Å². The summed E-state index contributed by atoms with van der Waals surface area (Å²) in [6.45, 7) is 1.48. The predicted octanol–water partition coefficient (Wildman–Crippen LogP) is -0.808. The van der Waals surface area contributed by atoms with E-state index in [1.54, 1.807) is 7.11 Å². The second-order valence-electron chi connectivity index (χ2n) is 4.25. The van der Waals surface area contributed by atoms with Crippen molar-refractivity contribution in [2.45, 2.75) is 12.0 Å². The van der Waals surface area contributed by atoms with Gasteiger partial charge in [0.15, 0.2) is 0 Å². The van der Waals surface area contributed by atoms with Crippen LogP contribution in [-0.2, 0) is 19.0 Å². The molecule has 110 valence electrons. The van der Waals surface area contributed by atoms with Crippen molar-refractivity contribution in [2.24, 2.45) is 0 Å². The highest BCUT2D eigenvalue weighted by molar-refractivity contribution is 5.73. The van der Waals surface area contributed by atoms with E-state index in [0.29, 0.717) is 19.8 Å². The second kappa shape index (κ2) is 7.93. The van der Waals surface area contributed by atoms with Crippen LogP contribution in [0.5, 0.6) is 0 Å². The van der Waals surface area contributed by atoms with Crippen LogP contribution in [0.2, 0.25) is 0 Å². The van der Waals surface area contributed by atoms with E-state index in [1.165, 1.54) is 0 Å². The van der Waals surface area contributed by atoms with Gasteiger partial charge in [-0.1, -0.05) is 0 Å². The SMILES string of the molecule is COC1(CNC(=O)NCCOCC(=O)O)CCOC1. The first kappa shape index (κ1) is 15.7. The number of methoxy groups -OCH3 is 1. The summed E-state index contributed by atoms with van der Waals surface area (Å²) in [6.07, 6.45) is 0.742. The van der Waals surface area contributed by atoms with Gasteiger partial charge >= 0.3 is 12.0 Å². The molecule has 19 heavy (non-hydrogen) atoms. The first-order valence-corrected chi connectivity index (χ1v) is 6.02. The number of urea groups is 1. The van der Waals surface area contributed by atoms with Crippen molar-refractivity contribution in [3.63, 3.8) is 0 Å². The molecule has 3 N–H and O–H groups in total. The minimum atomic E-state index is -1.03. The first-order chi connectivity index (χ1) is 9.08. The minimum Gasteiger partial charge on any atom is -0.480 e. The van der Waals surface area contributed by atoms with E-state index in [9.17, 15) is 9.59 Å². The Labute approximate surface area is 111 Å². The Morgan fingerprint density at radius 2 is 2.21 bits per heavy atom. The summed E-state index contributed by atoms with van der Waals surface area (Å²) < 4.78 is 15.4. The number of hydrogen-bond acceptors (Lipinski definition) is 5. The van der Waals surface area contributed by atoms with Crippen LogP contribution in [0, 0.1) is 0 Å². The van der Waals surface area contributed by atoms with Gasteiger partial charge < -0.3 is 30.0 Å². The number of aliphatic carboxylic acids is 1. The third-order valence-corrected chi connectivity index (χ3v) is 2.83. The van der Waals surface area contributed by atoms with Crippen LogP contribution in [0.15, 0.2) is 0 Å². The highest BCUT2D eigenvalue weighted by atomic mass is 16.5. The molecular formula is C11H20N2O6. The van der Waals surface area contributed by atoms with Gasteiger partial charge in [-0.05, 0) is 0 Å². The van der Waals surface area contributed by atoms with Gasteiger partial charge in [-0.2, -0.15) is 0 Å². The summed E-state index contributed by atoms with van der Waals surface area (Å²) in [4.78, 5) is 21.6. The fraction of sp³-hybridized carbons (Fsp3) is 0.818. The summed E-state index contributed by atoms with van der Waals surface area (Å²) in [6, 6.07) is -0.345. The lowest BCUT2D eigenvalue weighted by atomic mass is 10.0. The molecule has 1 fully saturated rings. The molecule has 1 heterocycles. The van der Waals surface area contributed by atoms with Crippen LogP contribution in [0.3, 0.4) is 0 Å². The summed E-state index contributed by atoms with van der Waals surface area (Å²) in [5.41, 5.74) is -0.447. The molecule has 0 aromatic rings. The number of carboxylic acid groups (broad SMARTS) is 1. The van der Waals surface area contributed by atoms with E-state index in [2.05, 4.69) is 10.6 Å². The zero-order chi connectivity index (χ0) is 14.1. The van der Waals surface area contributed by atoms with Gasteiger partial charge in [-0.15, -0.1) is 0 Å². The van der Waals surface area contributed by atoms with Crippen molar-refractivity contribution in [3.05, 3.63) is 0 Å². The van der Waals surface area contributed by atoms with Gasteiger partial charge in [0, 0.05) is 26.7 Å². The van der Waals surface area contributed by atoms with E-state index >= 15 is 0 Å². The number of rotatable bonds is 8. The lowest BCUT2D eigenvalue weighted by Gasteiger charge is -2.25. The molecule has 8 heteroatoms. The maximum Gasteiger partial charge on any atom is 0.329 e. The molecule has 1 atom stereocenters. The monoisotopic (exact) mass is 276 g/mol. The third kappa shape index (κ3) is 5.86. The van der Waals surface area contributed by atoms with Crippen LogP contribution in [-0.4, -0.2) is 69.3 Å². The number of carbonyl (C=O) groups excluding carboxylic acids is 1. The number of carbonyl (C=O) groups is 2. The van der Waals surface area contributed by atoms with E-state index in [-0.39, 0.29) is 25.8 Å². The van der Waals surface area contributed by atoms with Crippen molar-refractivity contribution in [1.82, 2.24) is 10.6 Å². The molecule has 1 rings (SSSR count). The fourth-order valence-electron chi connectivity index (χ4n) is 1.66. The molecule has 1 saturated heterocycles. The standard InChI is InChI=1S/C11H20N2O6/c1-17-11(2-4-19-8-11)7-13-10(16)12-3-5-18-6-9(14)15/h2-8H2,1H3,(H,14,15)(H2,12,13,16). The normalized spacial score (nSPS) is 22.2. The molecule has 0 aromatic carbocycles. The number of hydrogen-bond donors (Lipinski definition) is 3. The molecule has 0 spiro atoms.